The van der Waals surface area contributed by atoms with Crippen molar-refractivity contribution in [2.24, 2.45) is 0 Å². The predicted molar refractivity (Wildman–Crippen MR) is 91.2 cm³/mol. The van der Waals surface area contributed by atoms with Gasteiger partial charge in [0.1, 0.15) is 5.02 Å². The molecule has 124 valence electrons. The first-order valence-electron chi connectivity index (χ1n) is 7.06. The van der Waals surface area contributed by atoms with Crippen molar-refractivity contribution < 1.29 is 14.5 Å². The van der Waals surface area contributed by atoms with E-state index in [1.165, 1.54) is 17.0 Å². The molecule has 2 aromatic rings. The first-order valence-corrected chi connectivity index (χ1v) is 7.43. The van der Waals surface area contributed by atoms with Gasteiger partial charge in [-0.1, -0.05) is 29.8 Å². The number of halogens is 1. The normalized spacial score (nSPS) is 10.1. The molecule has 8 heteroatoms. The number of amides is 2. The highest BCUT2D eigenvalue weighted by atomic mass is 35.5. The Hall–Kier alpha value is -2.93. The predicted octanol–water partition coefficient (Wildman–Crippen LogP) is 3.24. The number of para-hydroxylation sites is 1. The summed E-state index contributed by atoms with van der Waals surface area (Å²) in [7, 11) is 0. The molecule has 7 nitrogen and oxygen atoms in total. The van der Waals surface area contributed by atoms with Gasteiger partial charge < -0.3 is 10.2 Å². The average molecular weight is 348 g/mol. The largest absolute Gasteiger partial charge is 0.318 e. The Morgan fingerprint density at radius 3 is 2.46 bits per heavy atom. The first-order chi connectivity index (χ1) is 11.4. The maximum absolute atomic E-state index is 12.3. The molecule has 0 radical (unpaired) electrons. The van der Waals surface area contributed by atoms with Crippen LogP contribution < -0.4 is 10.2 Å². The molecule has 0 spiro atoms. The minimum Gasteiger partial charge on any atom is -0.318 e. The van der Waals surface area contributed by atoms with Gasteiger partial charge in [-0.05, 0) is 31.2 Å². The molecule has 2 rings (SSSR count). The van der Waals surface area contributed by atoms with E-state index in [9.17, 15) is 19.7 Å². The van der Waals surface area contributed by atoms with Crippen molar-refractivity contribution in [1.29, 1.82) is 0 Å². The second kappa shape index (κ2) is 7.56. The topological polar surface area (TPSA) is 92.6 Å². The van der Waals surface area contributed by atoms with Crippen LogP contribution in [0.5, 0.6) is 0 Å². The molecule has 0 aromatic heterocycles. The number of carbonyl (C=O) groups excluding carboxylic acids is 2. The van der Waals surface area contributed by atoms with Crippen LogP contribution in [0, 0.1) is 10.1 Å². The second-order valence-electron chi connectivity index (χ2n) is 4.76. The number of rotatable bonds is 4. The Morgan fingerprint density at radius 1 is 1.21 bits per heavy atom. The summed E-state index contributed by atoms with van der Waals surface area (Å²) in [4.78, 5) is 36.0. The summed E-state index contributed by atoms with van der Waals surface area (Å²) in [5.41, 5.74) is 0.355. The number of nitro benzene ring substituents is 1. The number of benzene rings is 2. The lowest BCUT2D eigenvalue weighted by molar-refractivity contribution is -0.384. The second-order valence-corrected chi connectivity index (χ2v) is 5.17. The number of anilines is 2. The highest BCUT2D eigenvalue weighted by Gasteiger charge is 2.23. The van der Waals surface area contributed by atoms with Crippen molar-refractivity contribution in [2.75, 3.05) is 16.8 Å². The van der Waals surface area contributed by atoms with Crippen LogP contribution in [0.3, 0.4) is 0 Å². The average Bonchev–Trinajstić information content (AvgIpc) is 2.57. The van der Waals surface area contributed by atoms with Crippen LogP contribution >= 0.6 is 11.6 Å². The van der Waals surface area contributed by atoms with Crippen molar-refractivity contribution in [2.45, 2.75) is 6.92 Å². The van der Waals surface area contributed by atoms with Gasteiger partial charge in [0.25, 0.3) is 5.69 Å². The Kier molecular flexibility index (Phi) is 5.49. The fourth-order valence-corrected chi connectivity index (χ4v) is 2.28. The first kappa shape index (κ1) is 17.4. The van der Waals surface area contributed by atoms with E-state index in [0.717, 1.165) is 6.07 Å². The summed E-state index contributed by atoms with van der Waals surface area (Å²) in [5.74, 6) is -1.65. The van der Waals surface area contributed by atoms with Crippen molar-refractivity contribution in [3.63, 3.8) is 0 Å². The van der Waals surface area contributed by atoms with E-state index in [4.69, 9.17) is 11.6 Å². The fraction of sp³-hybridized carbons (Fsp3) is 0.125. The quantitative estimate of drug-likeness (QED) is 0.522. The van der Waals surface area contributed by atoms with Crippen molar-refractivity contribution in [1.82, 2.24) is 0 Å². The zero-order chi connectivity index (χ0) is 17.7. The Labute approximate surface area is 143 Å². The molecule has 0 saturated carbocycles. The maximum Gasteiger partial charge on any atom is 0.316 e. The molecule has 0 fully saturated rings. The molecule has 0 unspecified atom stereocenters. The molecule has 1 N–H and O–H groups in total. The van der Waals surface area contributed by atoms with Gasteiger partial charge in [-0.15, -0.1) is 0 Å². The lowest BCUT2D eigenvalue weighted by Gasteiger charge is -2.20. The van der Waals surface area contributed by atoms with E-state index in [-0.39, 0.29) is 16.4 Å². The number of nitrogens with one attached hydrogen (secondary N) is 1. The van der Waals surface area contributed by atoms with Gasteiger partial charge in [0.15, 0.2) is 0 Å². The Balaban J connectivity index is 2.18. The lowest BCUT2D eigenvalue weighted by atomic mass is 10.2. The van der Waals surface area contributed by atoms with Gasteiger partial charge in [-0.3, -0.25) is 19.7 Å². The third-order valence-corrected chi connectivity index (χ3v) is 3.54. The van der Waals surface area contributed by atoms with Crippen LogP contribution in [0.15, 0.2) is 48.5 Å². The Morgan fingerprint density at radius 2 is 1.88 bits per heavy atom. The van der Waals surface area contributed by atoms with E-state index in [2.05, 4.69) is 5.32 Å². The molecular formula is C16H14ClN3O4. The fourth-order valence-electron chi connectivity index (χ4n) is 2.09. The number of carbonyl (C=O) groups is 2. The van der Waals surface area contributed by atoms with E-state index >= 15 is 0 Å². The SMILES string of the molecule is CCN(C(=O)C(=O)Nc1ccc(Cl)c([N+](=O)[O-])c1)c1ccccc1. The summed E-state index contributed by atoms with van der Waals surface area (Å²) in [6.45, 7) is 2.04. The molecule has 0 bridgehead atoms. The molecule has 2 aromatic carbocycles. The Bertz CT molecular complexity index is 780. The van der Waals surface area contributed by atoms with E-state index < -0.39 is 16.7 Å². The van der Waals surface area contributed by atoms with Crippen LogP contribution in [0.25, 0.3) is 0 Å². The summed E-state index contributed by atoms with van der Waals surface area (Å²) in [6.07, 6.45) is 0. The zero-order valence-corrected chi connectivity index (χ0v) is 13.5. The van der Waals surface area contributed by atoms with Gasteiger partial charge in [-0.25, -0.2) is 0 Å². The number of nitrogens with zero attached hydrogens (tertiary/aromatic N) is 2. The van der Waals surface area contributed by atoms with Crippen molar-refractivity contribution >= 4 is 40.5 Å². The van der Waals surface area contributed by atoms with E-state index in [1.54, 1.807) is 37.3 Å². The van der Waals surface area contributed by atoms with Gasteiger partial charge in [0.05, 0.1) is 4.92 Å². The standard InChI is InChI=1S/C16H14ClN3O4/c1-2-19(12-6-4-3-5-7-12)16(22)15(21)18-11-8-9-13(17)14(10-11)20(23)24/h3-10H,2H2,1H3,(H,18,21). The summed E-state index contributed by atoms with van der Waals surface area (Å²) >= 11 is 5.71. The minimum absolute atomic E-state index is 0.0520. The van der Waals surface area contributed by atoms with Gasteiger partial charge in [0.2, 0.25) is 0 Å². The molecule has 24 heavy (non-hydrogen) atoms. The number of nitro groups is 1. The highest BCUT2D eigenvalue weighted by molar-refractivity contribution is 6.44. The molecule has 0 heterocycles. The monoisotopic (exact) mass is 347 g/mol. The number of hydrogen-bond donors (Lipinski definition) is 1. The van der Waals surface area contributed by atoms with E-state index in [1.807, 2.05) is 0 Å². The van der Waals surface area contributed by atoms with Gasteiger partial charge >= 0.3 is 11.8 Å². The summed E-state index contributed by atoms with van der Waals surface area (Å²) < 4.78 is 0. The zero-order valence-electron chi connectivity index (χ0n) is 12.7. The molecule has 0 aliphatic heterocycles. The maximum atomic E-state index is 12.3. The summed E-state index contributed by atoms with van der Waals surface area (Å²) in [6, 6.07) is 12.5. The molecule has 0 aliphatic carbocycles. The van der Waals surface area contributed by atoms with Crippen LogP contribution in [-0.2, 0) is 9.59 Å². The lowest BCUT2D eigenvalue weighted by Crippen LogP contribution is -2.39. The van der Waals surface area contributed by atoms with E-state index in [0.29, 0.717) is 12.2 Å². The van der Waals surface area contributed by atoms with Gasteiger partial charge in [-0.2, -0.15) is 0 Å². The van der Waals surface area contributed by atoms with Gasteiger partial charge in [0, 0.05) is 24.0 Å². The minimum atomic E-state index is -0.891. The van der Waals surface area contributed by atoms with Crippen molar-refractivity contribution in [3.8, 4) is 0 Å². The molecule has 0 aliphatic rings. The third-order valence-electron chi connectivity index (χ3n) is 3.22. The van der Waals surface area contributed by atoms with Crippen molar-refractivity contribution in [3.05, 3.63) is 63.7 Å². The molecule has 0 saturated heterocycles. The highest BCUT2D eigenvalue weighted by Crippen LogP contribution is 2.27. The van der Waals surface area contributed by atoms with Crippen LogP contribution in [0.4, 0.5) is 17.1 Å². The molecule has 0 atom stereocenters. The smallest absolute Gasteiger partial charge is 0.316 e. The van der Waals surface area contributed by atoms with Crippen LogP contribution in [0.1, 0.15) is 6.92 Å². The molecular weight excluding hydrogens is 334 g/mol. The molecule has 2 amide bonds. The number of likely N-dealkylation sites (N-methyl/N-ethyl adjacent to an activating group) is 1. The van der Waals surface area contributed by atoms with Crippen LogP contribution in [-0.4, -0.2) is 23.3 Å². The third kappa shape index (κ3) is 3.88. The number of hydrogen-bond acceptors (Lipinski definition) is 4. The van der Waals surface area contributed by atoms with Crippen LogP contribution in [0.2, 0.25) is 5.02 Å². The summed E-state index contributed by atoms with van der Waals surface area (Å²) in [5, 5.41) is 13.2.